The number of hydrogen-bond donors (Lipinski definition) is 1. The van der Waals surface area contributed by atoms with Crippen LogP contribution >= 0.6 is 0 Å². The van der Waals surface area contributed by atoms with Crippen LogP contribution in [0.15, 0.2) is 0 Å². The molecule has 1 amide bonds. The van der Waals surface area contributed by atoms with Gasteiger partial charge in [0.15, 0.2) is 0 Å². The highest BCUT2D eigenvalue weighted by Crippen LogP contribution is 2.29. The smallest absolute Gasteiger partial charge is 0.222 e. The Kier molecular flexibility index (Phi) is 3.06. The van der Waals surface area contributed by atoms with Crippen molar-refractivity contribution in [1.82, 2.24) is 10.2 Å². The molecule has 0 aromatic heterocycles. The molecule has 0 radical (unpaired) electrons. The van der Waals surface area contributed by atoms with Crippen LogP contribution in [0.5, 0.6) is 0 Å². The molecule has 14 heavy (non-hydrogen) atoms. The minimum Gasteiger partial charge on any atom is -0.340 e. The van der Waals surface area contributed by atoms with Gasteiger partial charge in [0, 0.05) is 32.1 Å². The van der Waals surface area contributed by atoms with Gasteiger partial charge in [-0.1, -0.05) is 6.42 Å². The number of carbonyl (C=O) groups is 1. The molecule has 2 rings (SSSR count). The van der Waals surface area contributed by atoms with Crippen molar-refractivity contribution in [3.8, 4) is 0 Å². The van der Waals surface area contributed by atoms with Gasteiger partial charge >= 0.3 is 0 Å². The van der Waals surface area contributed by atoms with E-state index in [1.165, 1.54) is 19.3 Å². The summed E-state index contributed by atoms with van der Waals surface area (Å²) in [5.74, 6) is 1.08. The van der Waals surface area contributed by atoms with Crippen LogP contribution in [0.1, 0.15) is 32.6 Å². The number of rotatable bonds is 2. The summed E-state index contributed by atoms with van der Waals surface area (Å²) >= 11 is 0. The van der Waals surface area contributed by atoms with E-state index in [0.717, 1.165) is 26.1 Å². The Morgan fingerprint density at radius 3 is 2.86 bits per heavy atom. The van der Waals surface area contributed by atoms with Crippen LogP contribution < -0.4 is 5.32 Å². The molecule has 1 aliphatic carbocycles. The number of amides is 1. The van der Waals surface area contributed by atoms with E-state index in [2.05, 4.69) is 12.2 Å². The summed E-state index contributed by atoms with van der Waals surface area (Å²) in [6, 6.07) is 0.467. The van der Waals surface area contributed by atoms with Crippen LogP contribution in [0.4, 0.5) is 0 Å². The minimum atomic E-state index is 0.378. The van der Waals surface area contributed by atoms with Crippen molar-refractivity contribution >= 4 is 5.91 Å². The second-order valence-electron chi connectivity index (χ2n) is 4.70. The zero-order valence-electron chi connectivity index (χ0n) is 8.96. The van der Waals surface area contributed by atoms with Gasteiger partial charge in [0.1, 0.15) is 0 Å². The van der Waals surface area contributed by atoms with Gasteiger partial charge in [-0.15, -0.1) is 0 Å². The van der Waals surface area contributed by atoms with Crippen molar-refractivity contribution in [3.05, 3.63) is 0 Å². The fourth-order valence-corrected chi connectivity index (χ4v) is 2.23. The normalized spacial score (nSPS) is 28.6. The quantitative estimate of drug-likeness (QED) is 0.714. The van der Waals surface area contributed by atoms with Gasteiger partial charge in [-0.2, -0.15) is 0 Å². The van der Waals surface area contributed by atoms with Gasteiger partial charge in [0.2, 0.25) is 5.91 Å². The fraction of sp³-hybridized carbons (Fsp3) is 0.909. The summed E-state index contributed by atoms with van der Waals surface area (Å²) < 4.78 is 0. The molecule has 2 aliphatic rings. The SMILES string of the molecule is C[C@H]1CN(C(=O)CC2CCC2)CCN1. The van der Waals surface area contributed by atoms with E-state index in [0.29, 0.717) is 17.9 Å². The maximum Gasteiger partial charge on any atom is 0.222 e. The number of hydrogen-bond acceptors (Lipinski definition) is 2. The maximum absolute atomic E-state index is 11.8. The fourth-order valence-electron chi connectivity index (χ4n) is 2.23. The molecule has 0 bridgehead atoms. The molecule has 2 fully saturated rings. The van der Waals surface area contributed by atoms with Gasteiger partial charge in [0.25, 0.3) is 0 Å². The van der Waals surface area contributed by atoms with E-state index in [1.807, 2.05) is 4.90 Å². The lowest BCUT2D eigenvalue weighted by molar-refractivity contribution is -0.133. The molecule has 1 saturated carbocycles. The Morgan fingerprint density at radius 2 is 2.29 bits per heavy atom. The minimum absolute atomic E-state index is 0.378. The summed E-state index contributed by atoms with van der Waals surface area (Å²) in [6.45, 7) is 4.89. The molecule has 0 unspecified atom stereocenters. The third kappa shape index (κ3) is 2.27. The lowest BCUT2D eigenvalue weighted by Gasteiger charge is -2.34. The van der Waals surface area contributed by atoms with Gasteiger partial charge in [-0.05, 0) is 25.7 Å². The van der Waals surface area contributed by atoms with Crippen LogP contribution in [0.3, 0.4) is 0 Å². The standard InChI is InChI=1S/C11H20N2O/c1-9-8-13(6-5-12-9)11(14)7-10-3-2-4-10/h9-10,12H,2-8H2,1H3/t9-/m0/s1. The summed E-state index contributed by atoms with van der Waals surface area (Å²) in [7, 11) is 0. The molecule has 1 N–H and O–H groups in total. The lowest BCUT2D eigenvalue weighted by atomic mass is 9.82. The van der Waals surface area contributed by atoms with Crippen LogP contribution in [-0.4, -0.2) is 36.5 Å². The first-order valence-corrected chi connectivity index (χ1v) is 5.77. The summed E-state index contributed by atoms with van der Waals surface area (Å²) in [5.41, 5.74) is 0. The molecule has 3 heteroatoms. The van der Waals surface area contributed by atoms with Crippen LogP contribution in [0.2, 0.25) is 0 Å². The van der Waals surface area contributed by atoms with E-state index in [-0.39, 0.29) is 0 Å². The molecule has 0 aromatic carbocycles. The van der Waals surface area contributed by atoms with Crippen molar-refractivity contribution in [1.29, 1.82) is 0 Å². The van der Waals surface area contributed by atoms with Gasteiger partial charge in [0.05, 0.1) is 0 Å². The number of piperazine rings is 1. The predicted molar refractivity (Wildman–Crippen MR) is 56.0 cm³/mol. The predicted octanol–water partition coefficient (Wildman–Crippen LogP) is 0.997. The van der Waals surface area contributed by atoms with Crippen LogP contribution in [0.25, 0.3) is 0 Å². The average molecular weight is 196 g/mol. The Balaban J connectivity index is 1.77. The highest BCUT2D eigenvalue weighted by molar-refractivity contribution is 5.76. The Labute approximate surface area is 85.8 Å². The van der Waals surface area contributed by atoms with E-state index >= 15 is 0 Å². The first kappa shape index (κ1) is 9.97. The number of carbonyl (C=O) groups excluding carboxylic acids is 1. The monoisotopic (exact) mass is 196 g/mol. The van der Waals surface area contributed by atoms with E-state index < -0.39 is 0 Å². The molecular weight excluding hydrogens is 176 g/mol. The Hall–Kier alpha value is -0.570. The number of nitrogens with one attached hydrogen (secondary N) is 1. The van der Waals surface area contributed by atoms with Crippen molar-refractivity contribution in [2.45, 2.75) is 38.6 Å². The van der Waals surface area contributed by atoms with Gasteiger partial charge < -0.3 is 10.2 Å². The molecule has 80 valence electrons. The van der Waals surface area contributed by atoms with E-state index in [1.54, 1.807) is 0 Å². The zero-order valence-corrected chi connectivity index (χ0v) is 8.96. The second kappa shape index (κ2) is 4.30. The van der Waals surface area contributed by atoms with Crippen molar-refractivity contribution in [3.63, 3.8) is 0 Å². The van der Waals surface area contributed by atoms with Crippen molar-refractivity contribution in [2.75, 3.05) is 19.6 Å². The largest absolute Gasteiger partial charge is 0.340 e. The summed E-state index contributed by atoms with van der Waals surface area (Å²) in [6.07, 6.45) is 4.67. The van der Waals surface area contributed by atoms with Gasteiger partial charge in [-0.3, -0.25) is 4.79 Å². The molecule has 1 saturated heterocycles. The molecular formula is C11H20N2O. The topological polar surface area (TPSA) is 32.3 Å². The van der Waals surface area contributed by atoms with Crippen LogP contribution in [0, 0.1) is 5.92 Å². The van der Waals surface area contributed by atoms with Crippen molar-refractivity contribution < 1.29 is 4.79 Å². The molecule has 1 aliphatic heterocycles. The average Bonchev–Trinajstić information content (AvgIpc) is 2.11. The number of nitrogens with zero attached hydrogens (tertiary/aromatic N) is 1. The summed E-state index contributed by atoms with van der Waals surface area (Å²) in [4.78, 5) is 13.9. The Bertz CT molecular complexity index is 213. The second-order valence-corrected chi connectivity index (χ2v) is 4.70. The van der Waals surface area contributed by atoms with Crippen LogP contribution in [-0.2, 0) is 4.79 Å². The molecule has 1 atom stereocenters. The highest BCUT2D eigenvalue weighted by Gasteiger charge is 2.25. The lowest BCUT2D eigenvalue weighted by Crippen LogP contribution is -2.51. The van der Waals surface area contributed by atoms with Crippen molar-refractivity contribution in [2.24, 2.45) is 5.92 Å². The maximum atomic E-state index is 11.8. The Morgan fingerprint density at radius 1 is 1.50 bits per heavy atom. The molecule has 0 aromatic rings. The van der Waals surface area contributed by atoms with E-state index in [9.17, 15) is 4.79 Å². The first-order chi connectivity index (χ1) is 6.75. The molecule has 1 heterocycles. The molecule has 0 spiro atoms. The van der Waals surface area contributed by atoms with Gasteiger partial charge in [-0.25, -0.2) is 0 Å². The zero-order chi connectivity index (χ0) is 9.97. The highest BCUT2D eigenvalue weighted by atomic mass is 16.2. The third-order valence-corrected chi connectivity index (χ3v) is 3.41. The van der Waals surface area contributed by atoms with E-state index in [4.69, 9.17) is 0 Å². The first-order valence-electron chi connectivity index (χ1n) is 5.77. The molecule has 3 nitrogen and oxygen atoms in total. The summed E-state index contributed by atoms with van der Waals surface area (Å²) in [5, 5.41) is 3.35. The third-order valence-electron chi connectivity index (χ3n) is 3.41.